The van der Waals surface area contributed by atoms with E-state index in [0.29, 0.717) is 11.3 Å². The second kappa shape index (κ2) is 13.7. The Hall–Kier alpha value is -3.06. The zero-order chi connectivity index (χ0) is 30.7. The SMILES string of the molecule is CN(C)c1ccccc1P(c1ccccc1N(C)C)[C@@H]1CCC[C@H]1P(c1ccccc1N(C)C)c1ccccc1N(C)C. The van der Waals surface area contributed by atoms with Crippen LogP contribution in [0.2, 0.25) is 0 Å². The van der Waals surface area contributed by atoms with Crippen LogP contribution in [-0.4, -0.2) is 67.7 Å². The van der Waals surface area contributed by atoms with Gasteiger partial charge in [-0.15, -0.1) is 0 Å². The number of hydrogen-bond acceptors (Lipinski definition) is 4. The summed E-state index contributed by atoms with van der Waals surface area (Å²) in [5.41, 5.74) is 6.51. The summed E-state index contributed by atoms with van der Waals surface area (Å²) in [5, 5.41) is 6.02. The first kappa shape index (κ1) is 31.4. The third kappa shape index (κ3) is 6.43. The fourth-order valence-corrected chi connectivity index (χ4v) is 14.4. The maximum absolute atomic E-state index is 2.42. The van der Waals surface area contributed by atoms with Crippen LogP contribution in [0.1, 0.15) is 19.3 Å². The van der Waals surface area contributed by atoms with Crippen molar-refractivity contribution in [3.05, 3.63) is 97.1 Å². The minimum Gasteiger partial charge on any atom is -0.377 e. The van der Waals surface area contributed by atoms with Crippen molar-refractivity contribution in [2.45, 2.75) is 30.6 Å². The lowest BCUT2D eigenvalue weighted by Gasteiger charge is -2.39. The number of anilines is 4. The quantitative estimate of drug-likeness (QED) is 0.192. The van der Waals surface area contributed by atoms with Crippen LogP contribution in [0.15, 0.2) is 97.1 Å². The van der Waals surface area contributed by atoms with Gasteiger partial charge in [-0.3, -0.25) is 0 Å². The van der Waals surface area contributed by atoms with E-state index < -0.39 is 15.8 Å². The lowest BCUT2D eigenvalue weighted by atomic mass is 10.3. The van der Waals surface area contributed by atoms with Crippen LogP contribution in [0.3, 0.4) is 0 Å². The average Bonchev–Trinajstić information content (AvgIpc) is 3.47. The van der Waals surface area contributed by atoms with Gasteiger partial charge in [0.15, 0.2) is 0 Å². The molecule has 2 atom stereocenters. The standard InChI is InChI=1S/C37H48N4P2/c1-38(2)28-18-9-13-22-32(28)42(33-23-14-10-19-29(33)39(3)4)36-26-17-27-37(36)43(34-24-15-11-20-30(34)40(5)6)35-25-16-12-21-31(35)41(7)8/h9-16,18-25,36-37H,17,26-27H2,1-8H3/t36-,37-/m1/s1. The maximum Gasteiger partial charge on any atom is 0.0442 e. The van der Waals surface area contributed by atoms with Crippen molar-refractivity contribution in [1.82, 2.24) is 0 Å². The Bertz CT molecular complexity index is 1300. The summed E-state index contributed by atoms with van der Waals surface area (Å²) < 4.78 is 0. The minimum atomic E-state index is -0.655. The van der Waals surface area contributed by atoms with Gasteiger partial charge in [-0.1, -0.05) is 79.2 Å². The number of hydrogen-bond donors (Lipinski definition) is 0. The molecule has 0 aliphatic heterocycles. The summed E-state index contributed by atoms with van der Waals surface area (Å²) in [7, 11) is 16.3. The molecule has 0 spiro atoms. The molecule has 0 bridgehead atoms. The van der Waals surface area contributed by atoms with Crippen molar-refractivity contribution in [2.24, 2.45) is 0 Å². The topological polar surface area (TPSA) is 13.0 Å². The van der Waals surface area contributed by atoms with Crippen molar-refractivity contribution in [1.29, 1.82) is 0 Å². The average molecular weight is 611 g/mol. The van der Waals surface area contributed by atoms with Crippen molar-refractivity contribution in [3.8, 4) is 0 Å². The molecule has 0 aromatic heterocycles. The normalized spacial score (nSPS) is 16.5. The zero-order valence-corrected chi connectivity index (χ0v) is 29.0. The highest BCUT2D eigenvalue weighted by Gasteiger charge is 2.43. The van der Waals surface area contributed by atoms with E-state index in [0.717, 1.165) is 0 Å². The second-order valence-electron chi connectivity index (χ2n) is 12.3. The van der Waals surface area contributed by atoms with Crippen LogP contribution in [0, 0.1) is 0 Å². The Morgan fingerprint density at radius 1 is 0.395 bits per heavy atom. The third-order valence-electron chi connectivity index (χ3n) is 8.60. The zero-order valence-electron chi connectivity index (χ0n) is 27.2. The third-order valence-corrected chi connectivity index (χ3v) is 15.0. The van der Waals surface area contributed by atoms with Crippen LogP contribution < -0.4 is 40.8 Å². The van der Waals surface area contributed by atoms with Crippen LogP contribution in [0.5, 0.6) is 0 Å². The molecule has 4 nitrogen and oxygen atoms in total. The van der Waals surface area contributed by atoms with Gasteiger partial charge in [-0.05, 0) is 64.3 Å². The van der Waals surface area contributed by atoms with E-state index >= 15 is 0 Å². The Morgan fingerprint density at radius 2 is 0.628 bits per heavy atom. The van der Waals surface area contributed by atoms with Crippen LogP contribution in [0.4, 0.5) is 22.7 Å². The number of nitrogens with zero attached hydrogens (tertiary/aromatic N) is 4. The molecule has 0 N–H and O–H groups in total. The summed E-state index contributed by atoms with van der Waals surface area (Å²) >= 11 is 0. The molecule has 5 rings (SSSR count). The number of para-hydroxylation sites is 4. The van der Waals surface area contributed by atoms with E-state index in [1.807, 2.05) is 0 Å². The van der Waals surface area contributed by atoms with Crippen LogP contribution >= 0.6 is 15.8 Å². The Labute approximate surface area is 262 Å². The number of benzene rings is 4. The van der Waals surface area contributed by atoms with E-state index in [4.69, 9.17) is 0 Å². The molecule has 4 aromatic rings. The monoisotopic (exact) mass is 610 g/mol. The van der Waals surface area contributed by atoms with Gasteiger partial charge in [0.1, 0.15) is 0 Å². The van der Waals surface area contributed by atoms with E-state index in [9.17, 15) is 0 Å². The Morgan fingerprint density at radius 3 is 0.860 bits per heavy atom. The fraction of sp³-hybridized carbons (Fsp3) is 0.351. The molecule has 0 amide bonds. The molecule has 0 unspecified atom stereocenters. The fourth-order valence-electron chi connectivity index (χ4n) is 6.68. The molecule has 0 radical (unpaired) electrons. The summed E-state index contributed by atoms with van der Waals surface area (Å²) in [6, 6.07) is 36.8. The first-order valence-electron chi connectivity index (χ1n) is 15.3. The summed E-state index contributed by atoms with van der Waals surface area (Å²) in [6.07, 6.45) is 3.79. The van der Waals surface area contributed by atoms with Crippen molar-refractivity contribution < 1.29 is 0 Å². The van der Waals surface area contributed by atoms with Gasteiger partial charge < -0.3 is 19.6 Å². The van der Waals surface area contributed by atoms with E-state index in [1.165, 1.54) is 63.2 Å². The van der Waals surface area contributed by atoms with Gasteiger partial charge >= 0.3 is 0 Å². The highest BCUT2D eigenvalue weighted by atomic mass is 31.1. The van der Waals surface area contributed by atoms with E-state index in [-0.39, 0.29) is 0 Å². The molecular formula is C37H48N4P2. The molecule has 0 heterocycles. The van der Waals surface area contributed by atoms with Crippen LogP contribution in [0.25, 0.3) is 0 Å². The van der Waals surface area contributed by atoms with Gasteiger partial charge in [0.2, 0.25) is 0 Å². The molecule has 4 aromatic carbocycles. The first-order valence-corrected chi connectivity index (χ1v) is 18.2. The molecule has 1 saturated carbocycles. The second-order valence-corrected chi connectivity index (χ2v) is 17.1. The van der Waals surface area contributed by atoms with Gasteiger partial charge in [0, 0.05) is 100 Å². The highest BCUT2D eigenvalue weighted by Crippen LogP contribution is 2.60. The van der Waals surface area contributed by atoms with Crippen molar-refractivity contribution in [3.63, 3.8) is 0 Å². The highest BCUT2D eigenvalue weighted by molar-refractivity contribution is 7.78. The summed E-state index contributed by atoms with van der Waals surface area (Å²) in [4.78, 5) is 9.27. The first-order chi connectivity index (χ1) is 20.7. The number of rotatable bonds is 10. The molecule has 6 heteroatoms. The summed E-state index contributed by atoms with van der Waals surface area (Å²) in [6.45, 7) is 0. The predicted octanol–water partition coefficient (Wildman–Crippen LogP) is 6.44. The predicted molar refractivity (Wildman–Crippen MR) is 197 cm³/mol. The molecular weight excluding hydrogens is 562 g/mol. The van der Waals surface area contributed by atoms with E-state index in [2.05, 4.69) is 173 Å². The molecule has 0 saturated heterocycles. The maximum atomic E-state index is 2.42. The lowest BCUT2D eigenvalue weighted by molar-refractivity contribution is 0.888. The van der Waals surface area contributed by atoms with Crippen LogP contribution in [-0.2, 0) is 0 Å². The Balaban J connectivity index is 1.78. The summed E-state index contributed by atoms with van der Waals surface area (Å²) in [5.74, 6) is 0. The smallest absolute Gasteiger partial charge is 0.0442 e. The minimum absolute atomic E-state index is 0.564. The van der Waals surface area contributed by atoms with Gasteiger partial charge in [-0.2, -0.15) is 0 Å². The molecule has 226 valence electrons. The van der Waals surface area contributed by atoms with Gasteiger partial charge in [0.25, 0.3) is 0 Å². The molecule has 43 heavy (non-hydrogen) atoms. The van der Waals surface area contributed by atoms with E-state index in [1.54, 1.807) is 0 Å². The molecule has 1 aliphatic rings. The Kier molecular flexibility index (Phi) is 10.0. The largest absolute Gasteiger partial charge is 0.377 e. The van der Waals surface area contributed by atoms with Crippen molar-refractivity contribution >= 4 is 59.8 Å². The van der Waals surface area contributed by atoms with Gasteiger partial charge in [0.05, 0.1) is 0 Å². The molecule has 1 aliphatic carbocycles. The van der Waals surface area contributed by atoms with Gasteiger partial charge in [-0.25, -0.2) is 0 Å². The lowest BCUT2D eigenvalue weighted by Crippen LogP contribution is -2.36. The molecule has 1 fully saturated rings. The van der Waals surface area contributed by atoms with Crippen molar-refractivity contribution in [2.75, 3.05) is 76.0 Å².